The van der Waals surface area contributed by atoms with Crippen molar-refractivity contribution in [2.75, 3.05) is 26.8 Å². The van der Waals surface area contributed by atoms with Crippen molar-refractivity contribution in [2.24, 2.45) is 16.7 Å². The molecule has 1 fully saturated rings. The number of methoxy groups -OCH3 is 1. The second-order valence-corrected chi connectivity index (χ2v) is 7.56. The van der Waals surface area contributed by atoms with Gasteiger partial charge in [0, 0.05) is 20.3 Å². The number of rotatable bonds is 7. The fraction of sp³-hybridized carbons (Fsp3) is 1.00. The SMILES string of the molecule is CCCNCC1(CCOC)CCC(C(C)(C)C)CC1. The van der Waals surface area contributed by atoms with Crippen molar-refractivity contribution in [3.05, 3.63) is 0 Å². The topological polar surface area (TPSA) is 21.3 Å². The number of ether oxygens (including phenoxy) is 1. The Morgan fingerprint density at radius 3 is 2.32 bits per heavy atom. The first-order valence-corrected chi connectivity index (χ1v) is 8.13. The average Bonchev–Trinajstić information content (AvgIpc) is 2.36. The third-order valence-corrected chi connectivity index (χ3v) is 5.03. The summed E-state index contributed by atoms with van der Waals surface area (Å²) < 4.78 is 5.34. The molecule has 1 saturated carbocycles. The van der Waals surface area contributed by atoms with Crippen LogP contribution in [0.15, 0.2) is 0 Å². The van der Waals surface area contributed by atoms with Crippen LogP contribution < -0.4 is 5.32 Å². The second-order valence-electron chi connectivity index (χ2n) is 7.56. The Morgan fingerprint density at radius 2 is 1.84 bits per heavy atom. The van der Waals surface area contributed by atoms with Gasteiger partial charge in [0.25, 0.3) is 0 Å². The van der Waals surface area contributed by atoms with Crippen LogP contribution in [0.5, 0.6) is 0 Å². The maximum absolute atomic E-state index is 5.34. The molecule has 0 saturated heterocycles. The molecule has 0 unspecified atom stereocenters. The third-order valence-electron chi connectivity index (χ3n) is 5.03. The van der Waals surface area contributed by atoms with Gasteiger partial charge in [-0.3, -0.25) is 0 Å². The van der Waals surface area contributed by atoms with Gasteiger partial charge in [0.15, 0.2) is 0 Å². The highest BCUT2D eigenvalue weighted by Crippen LogP contribution is 2.46. The van der Waals surface area contributed by atoms with E-state index in [1.807, 2.05) is 7.11 Å². The van der Waals surface area contributed by atoms with Crippen LogP contribution in [0.4, 0.5) is 0 Å². The van der Waals surface area contributed by atoms with Crippen molar-refractivity contribution in [2.45, 2.75) is 66.2 Å². The fourth-order valence-electron chi connectivity index (χ4n) is 3.46. The van der Waals surface area contributed by atoms with Crippen molar-refractivity contribution < 1.29 is 4.74 Å². The Morgan fingerprint density at radius 1 is 1.21 bits per heavy atom. The minimum absolute atomic E-state index is 0.476. The molecule has 0 aliphatic heterocycles. The lowest BCUT2D eigenvalue weighted by atomic mass is 9.63. The van der Waals surface area contributed by atoms with E-state index in [-0.39, 0.29) is 0 Å². The standard InChI is InChI=1S/C17H35NO/c1-6-12-18-14-17(11-13-19-5)9-7-15(8-10-17)16(2,3)4/h15,18H,6-14H2,1-5H3. The largest absolute Gasteiger partial charge is 0.385 e. The summed E-state index contributed by atoms with van der Waals surface area (Å²) in [5.41, 5.74) is 0.969. The predicted molar refractivity (Wildman–Crippen MR) is 83.5 cm³/mol. The molecule has 1 N–H and O–H groups in total. The van der Waals surface area contributed by atoms with Crippen LogP contribution in [0, 0.1) is 16.7 Å². The molecule has 0 amide bonds. The zero-order valence-electron chi connectivity index (χ0n) is 13.8. The van der Waals surface area contributed by atoms with Crippen LogP contribution in [-0.2, 0) is 4.74 Å². The van der Waals surface area contributed by atoms with Crippen molar-refractivity contribution in [1.29, 1.82) is 0 Å². The Labute approximate surface area is 120 Å². The van der Waals surface area contributed by atoms with E-state index < -0.39 is 0 Å². The molecule has 0 bridgehead atoms. The van der Waals surface area contributed by atoms with Gasteiger partial charge in [-0.25, -0.2) is 0 Å². The number of hydrogen-bond acceptors (Lipinski definition) is 2. The van der Waals surface area contributed by atoms with Gasteiger partial charge in [0.2, 0.25) is 0 Å². The van der Waals surface area contributed by atoms with Gasteiger partial charge in [-0.2, -0.15) is 0 Å². The van der Waals surface area contributed by atoms with E-state index in [9.17, 15) is 0 Å². The molecule has 19 heavy (non-hydrogen) atoms. The van der Waals surface area contributed by atoms with E-state index in [1.165, 1.54) is 45.1 Å². The van der Waals surface area contributed by atoms with Crippen LogP contribution in [0.1, 0.15) is 66.2 Å². The normalized spacial score (nSPS) is 28.6. The van der Waals surface area contributed by atoms with Crippen LogP contribution in [0.25, 0.3) is 0 Å². The highest BCUT2D eigenvalue weighted by atomic mass is 16.5. The molecular weight excluding hydrogens is 234 g/mol. The summed E-state index contributed by atoms with van der Waals surface area (Å²) in [5, 5.41) is 3.65. The Hall–Kier alpha value is -0.0800. The lowest BCUT2D eigenvalue weighted by molar-refractivity contribution is 0.0552. The van der Waals surface area contributed by atoms with E-state index in [0.29, 0.717) is 10.8 Å². The summed E-state index contributed by atoms with van der Waals surface area (Å²) in [6.45, 7) is 12.7. The lowest BCUT2D eigenvalue weighted by Gasteiger charge is -2.44. The second kappa shape index (κ2) is 7.64. The zero-order valence-corrected chi connectivity index (χ0v) is 13.8. The quantitative estimate of drug-likeness (QED) is 0.698. The van der Waals surface area contributed by atoms with Gasteiger partial charge in [0.05, 0.1) is 0 Å². The summed E-state index contributed by atoms with van der Waals surface area (Å²) in [7, 11) is 1.83. The van der Waals surface area contributed by atoms with Gasteiger partial charge in [-0.05, 0) is 61.8 Å². The highest BCUT2D eigenvalue weighted by molar-refractivity contribution is 4.90. The third kappa shape index (κ3) is 5.43. The first-order valence-electron chi connectivity index (χ1n) is 8.13. The smallest absolute Gasteiger partial charge is 0.0468 e. The van der Waals surface area contributed by atoms with E-state index in [1.54, 1.807) is 0 Å². The van der Waals surface area contributed by atoms with Gasteiger partial charge in [0.1, 0.15) is 0 Å². The number of nitrogens with one attached hydrogen (secondary N) is 1. The van der Waals surface area contributed by atoms with E-state index in [0.717, 1.165) is 19.1 Å². The Balaban J connectivity index is 2.53. The maximum Gasteiger partial charge on any atom is 0.0468 e. The molecular formula is C17H35NO. The van der Waals surface area contributed by atoms with E-state index in [2.05, 4.69) is 33.0 Å². The molecule has 0 atom stereocenters. The van der Waals surface area contributed by atoms with Crippen LogP contribution in [0.3, 0.4) is 0 Å². The van der Waals surface area contributed by atoms with Gasteiger partial charge in [-0.1, -0.05) is 27.7 Å². The molecule has 1 aliphatic carbocycles. The maximum atomic E-state index is 5.34. The molecule has 1 rings (SSSR count). The molecule has 1 aliphatic rings. The molecule has 0 spiro atoms. The van der Waals surface area contributed by atoms with Crippen molar-refractivity contribution in [3.63, 3.8) is 0 Å². The molecule has 0 radical (unpaired) electrons. The first-order chi connectivity index (χ1) is 8.93. The van der Waals surface area contributed by atoms with E-state index >= 15 is 0 Å². The minimum Gasteiger partial charge on any atom is -0.385 e. The highest BCUT2D eigenvalue weighted by Gasteiger charge is 2.38. The fourth-order valence-corrected chi connectivity index (χ4v) is 3.46. The van der Waals surface area contributed by atoms with Crippen molar-refractivity contribution in [1.82, 2.24) is 5.32 Å². The number of hydrogen-bond donors (Lipinski definition) is 1. The summed E-state index contributed by atoms with van der Waals surface area (Å²) >= 11 is 0. The van der Waals surface area contributed by atoms with Crippen LogP contribution in [0.2, 0.25) is 0 Å². The zero-order chi connectivity index (χ0) is 14.4. The van der Waals surface area contributed by atoms with Crippen LogP contribution >= 0.6 is 0 Å². The summed E-state index contributed by atoms with van der Waals surface area (Å²) in [4.78, 5) is 0. The molecule has 2 nitrogen and oxygen atoms in total. The summed E-state index contributed by atoms with van der Waals surface area (Å²) in [6.07, 6.45) is 7.97. The molecule has 0 aromatic carbocycles. The lowest BCUT2D eigenvalue weighted by Crippen LogP contribution is -2.40. The summed E-state index contributed by atoms with van der Waals surface area (Å²) in [5.74, 6) is 0.898. The van der Waals surface area contributed by atoms with Gasteiger partial charge in [-0.15, -0.1) is 0 Å². The first kappa shape index (κ1) is 17.0. The average molecular weight is 269 g/mol. The predicted octanol–water partition coefficient (Wildman–Crippen LogP) is 4.25. The summed E-state index contributed by atoms with van der Waals surface area (Å²) in [6, 6.07) is 0. The van der Waals surface area contributed by atoms with Crippen molar-refractivity contribution in [3.8, 4) is 0 Å². The van der Waals surface area contributed by atoms with Crippen LogP contribution in [-0.4, -0.2) is 26.8 Å². The van der Waals surface area contributed by atoms with Gasteiger partial charge >= 0.3 is 0 Å². The van der Waals surface area contributed by atoms with Crippen molar-refractivity contribution >= 4 is 0 Å². The molecule has 114 valence electrons. The molecule has 2 heteroatoms. The Bertz CT molecular complexity index is 236. The minimum atomic E-state index is 0.476. The molecule has 0 aromatic heterocycles. The monoisotopic (exact) mass is 269 g/mol. The molecule has 0 aromatic rings. The van der Waals surface area contributed by atoms with Gasteiger partial charge < -0.3 is 10.1 Å². The van der Waals surface area contributed by atoms with E-state index in [4.69, 9.17) is 4.74 Å². The molecule has 0 heterocycles. The Kier molecular flexibility index (Phi) is 6.82.